The minimum absolute atomic E-state index is 0.343. The predicted octanol–water partition coefficient (Wildman–Crippen LogP) is 3.43. The maximum Gasteiger partial charge on any atom is 0.119 e. The van der Waals surface area contributed by atoms with E-state index in [1.54, 1.807) is 0 Å². The Kier molecular flexibility index (Phi) is 6.78. The number of hydrogen-bond acceptors (Lipinski definition) is 3. The summed E-state index contributed by atoms with van der Waals surface area (Å²) in [5.74, 6) is 0.886. The zero-order valence-electron chi connectivity index (χ0n) is 12.5. The molecule has 0 unspecified atom stereocenters. The van der Waals surface area contributed by atoms with Crippen LogP contribution < -0.4 is 10.1 Å². The molecule has 2 aromatic rings. The first-order valence-corrected chi connectivity index (χ1v) is 7.40. The summed E-state index contributed by atoms with van der Waals surface area (Å²) in [7, 11) is 0. The van der Waals surface area contributed by atoms with E-state index in [9.17, 15) is 0 Å². The van der Waals surface area contributed by atoms with Crippen molar-refractivity contribution in [1.82, 2.24) is 5.32 Å². The number of rotatable bonds is 9. The molecule has 0 saturated heterocycles. The van der Waals surface area contributed by atoms with Gasteiger partial charge in [-0.25, -0.2) is 0 Å². The fourth-order valence-electron chi connectivity index (χ4n) is 2.04. The maximum absolute atomic E-state index is 5.56. The van der Waals surface area contributed by atoms with Gasteiger partial charge < -0.3 is 14.8 Å². The molecule has 0 saturated carbocycles. The zero-order valence-corrected chi connectivity index (χ0v) is 12.5. The van der Waals surface area contributed by atoms with Crippen molar-refractivity contribution < 1.29 is 9.47 Å². The van der Waals surface area contributed by atoms with E-state index in [0.29, 0.717) is 25.9 Å². The van der Waals surface area contributed by atoms with Gasteiger partial charge in [0.25, 0.3) is 0 Å². The summed E-state index contributed by atoms with van der Waals surface area (Å²) >= 11 is 0. The SMILES string of the molecule is C[C@H](NCCOCCOc1ccccc1)c1ccccc1. The molecule has 0 heterocycles. The number of ether oxygens (including phenoxy) is 2. The number of hydrogen-bond donors (Lipinski definition) is 1. The van der Waals surface area contributed by atoms with Gasteiger partial charge in [-0.2, -0.15) is 0 Å². The molecule has 3 nitrogen and oxygen atoms in total. The highest BCUT2D eigenvalue weighted by atomic mass is 16.5. The van der Waals surface area contributed by atoms with E-state index in [1.165, 1.54) is 5.56 Å². The molecule has 3 heteroatoms. The Morgan fingerprint density at radius 3 is 2.24 bits per heavy atom. The molecule has 0 bridgehead atoms. The topological polar surface area (TPSA) is 30.5 Å². The summed E-state index contributed by atoms with van der Waals surface area (Å²) in [6.45, 7) is 4.87. The summed E-state index contributed by atoms with van der Waals surface area (Å²) in [4.78, 5) is 0. The Morgan fingerprint density at radius 1 is 0.857 bits per heavy atom. The van der Waals surface area contributed by atoms with Gasteiger partial charge in [-0.15, -0.1) is 0 Å². The van der Waals surface area contributed by atoms with Gasteiger partial charge in [0.15, 0.2) is 0 Å². The standard InChI is InChI=1S/C18H23NO2/c1-16(17-8-4-2-5-9-17)19-12-13-20-14-15-21-18-10-6-3-7-11-18/h2-11,16,19H,12-15H2,1H3/t16-/m0/s1. The average Bonchev–Trinajstić information content (AvgIpc) is 2.55. The molecular formula is C18H23NO2. The molecule has 0 amide bonds. The molecule has 0 radical (unpaired) electrons. The third kappa shape index (κ3) is 5.98. The van der Waals surface area contributed by atoms with E-state index in [0.717, 1.165) is 12.3 Å². The molecule has 1 atom stereocenters. The fourth-order valence-corrected chi connectivity index (χ4v) is 2.04. The van der Waals surface area contributed by atoms with Gasteiger partial charge in [-0.3, -0.25) is 0 Å². The number of para-hydroxylation sites is 1. The monoisotopic (exact) mass is 285 g/mol. The van der Waals surface area contributed by atoms with Crippen molar-refractivity contribution in [3.05, 3.63) is 66.2 Å². The predicted molar refractivity (Wildman–Crippen MR) is 85.6 cm³/mol. The van der Waals surface area contributed by atoms with Crippen LogP contribution in [0, 0.1) is 0 Å². The Morgan fingerprint density at radius 2 is 1.52 bits per heavy atom. The normalized spacial score (nSPS) is 12.0. The molecule has 0 fully saturated rings. The third-order valence-electron chi connectivity index (χ3n) is 3.24. The van der Waals surface area contributed by atoms with Crippen molar-refractivity contribution in [3.8, 4) is 5.75 Å². The summed E-state index contributed by atoms with van der Waals surface area (Å²) < 4.78 is 11.1. The average molecular weight is 285 g/mol. The summed E-state index contributed by atoms with van der Waals surface area (Å²) in [5, 5.41) is 3.44. The van der Waals surface area contributed by atoms with E-state index in [2.05, 4.69) is 36.5 Å². The van der Waals surface area contributed by atoms with Crippen LogP contribution in [0.2, 0.25) is 0 Å². The second kappa shape index (κ2) is 9.16. The lowest BCUT2D eigenvalue weighted by Crippen LogP contribution is -2.24. The van der Waals surface area contributed by atoms with E-state index >= 15 is 0 Å². The molecule has 112 valence electrons. The van der Waals surface area contributed by atoms with Crippen LogP contribution >= 0.6 is 0 Å². The molecule has 21 heavy (non-hydrogen) atoms. The van der Waals surface area contributed by atoms with Crippen molar-refractivity contribution in [2.75, 3.05) is 26.4 Å². The number of benzene rings is 2. The minimum atomic E-state index is 0.343. The van der Waals surface area contributed by atoms with Crippen molar-refractivity contribution in [1.29, 1.82) is 0 Å². The lowest BCUT2D eigenvalue weighted by atomic mass is 10.1. The quantitative estimate of drug-likeness (QED) is 0.716. The van der Waals surface area contributed by atoms with Crippen molar-refractivity contribution >= 4 is 0 Å². The van der Waals surface area contributed by atoms with Crippen LogP contribution in [-0.2, 0) is 4.74 Å². The largest absolute Gasteiger partial charge is 0.491 e. The molecule has 0 aliphatic rings. The molecule has 0 aliphatic carbocycles. The molecule has 2 aromatic carbocycles. The van der Waals surface area contributed by atoms with E-state index < -0.39 is 0 Å². The first-order valence-electron chi connectivity index (χ1n) is 7.40. The van der Waals surface area contributed by atoms with E-state index in [1.807, 2.05) is 36.4 Å². The van der Waals surface area contributed by atoms with Crippen LogP contribution in [0.1, 0.15) is 18.5 Å². The second-order valence-electron chi connectivity index (χ2n) is 4.86. The minimum Gasteiger partial charge on any atom is -0.491 e. The Bertz CT molecular complexity index is 487. The van der Waals surface area contributed by atoms with Crippen molar-refractivity contribution in [2.45, 2.75) is 13.0 Å². The van der Waals surface area contributed by atoms with Crippen LogP contribution in [0.5, 0.6) is 5.75 Å². The van der Waals surface area contributed by atoms with Crippen LogP contribution in [0.3, 0.4) is 0 Å². The Balaban J connectivity index is 1.50. The molecular weight excluding hydrogens is 262 g/mol. The van der Waals surface area contributed by atoms with E-state index in [-0.39, 0.29) is 0 Å². The lowest BCUT2D eigenvalue weighted by molar-refractivity contribution is 0.101. The zero-order chi connectivity index (χ0) is 14.8. The highest BCUT2D eigenvalue weighted by molar-refractivity contribution is 5.20. The summed E-state index contributed by atoms with van der Waals surface area (Å²) in [5.41, 5.74) is 1.30. The Hall–Kier alpha value is -1.84. The van der Waals surface area contributed by atoms with Crippen molar-refractivity contribution in [3.63, 3.8) is 0 Å². The summed E-state index contributed by atoms with van der Waals surface area (Å²) in [6, 6.07) is 20.6. The fraction of sp³-hybridized carbons (Fsp3) is 0.333. The number of nitrogens with one attached hydrogen (secondary N) is 1. The van der Waals surface area contributed by atoms with Crippen LogP contribution in [0.15, 0.2) is 60.7 Å². The smallest absolute Gasteiger partial charge is 0.119 e. The second-order valence-corrected chi connectivity index (χ2v) is 4.86. The van der Waals surface area contributed by atoms with Gasteiger partial charge in [0, 0.05) is 12.6 Å². The molecule has 0 aliphatic heterocycles. The highest BCUT2D eigenvalue weighted by Gasteiger charge is 2.02. The maximum atomic E-state index is 5.56. The van der Waals surface area contributed by atoms with Crippen LogP contribution in [0.4, 0.5) is 0 Å². The van der Waals surface area contributed by atoms with E-state index in [4.69, 9.17) is 9.47 Å². The molecule has 0 aromatic heterocycles. The Labute approximate surface area is 126 Å². The highest BCUT2D eigenvalue weighted by Crippen LogP contribution is 2.10. The lowest BCUT2D eigenvalue weighted by Gasteiger charge is -2.14. The van der Waals surface area contributed by atoms with Gasteiger partial charge in [0.05, 0.1) is 13.2 Å². The third-order valence-corrected chi connectivity index (χ3v) is 3.24. The van der Waals surface area contributed by atoms with Gasteiger partial charge in [0.1, 0.15) is 12.4 Å². The van der Waals surface area contributed by atoms with Crippen LogP contribution in [0.25, 0.3) is 0 Å². The molecule has 2 rings (SSSR count). The van der Waals surface area contributed by atoms with Crippen LogP contribution in [-0.4, -0.2) is 26.4 Å². The van der Waals surface area contributed by atoms with Gasteiger partial charge in [-0.05, 0) is 24.6 Å². The van der Waals surface area contributed by atoms with Gasteiger partial charge >= 0.3 is 0 Å². The first-order chi connectivity index (χ1) is 10.4. The first kappa shape index (κ1) is 15.5. The molecule has 0 spiro atoms. The summed E-state index contributed by atoms with van der Waals surface area (Å²) in [6.07, 6.45) is 0. The molecule has 1 N–H and O–H groups in total. The van der Waals surface area contributed by atoms with Crippen molar-refractivity contribution in [2.24, 2.45) is 0 Å². The van der Waals surface area contributed by atoms with Gasteiger partial charge in [0.2, 0.25) is 0 Å². The van der Waals surface area contributed by atoms with Gasteiger partial charge in [-0.1, -0.05) is 48.5 Å².